The third-order valence-electron chi connectivity index (χ3n) is 4.71. The number of rotatable bonds is 6. The second-order valence-electron chi connectivity index (χ2n) is 6.77. The van der Waals surface area contributed by atoms with Crippen molar-refractivity contribution < 1.29 is 22.0 Å². The van der Waals surface area contributed by atoms with Crippen molar-refractivity contribution in [2.24, 2.45) is 0 Å². The van der Waals surface area contributed by atoms with E-state index < -0.39 is 26.6 Å². The first-order chi connectivity index (χ1) is 13.8. The Balaban J connectivity index is 1.52. The molecule has 1 aliphatic rings. The van der Waals surface area contributed by atoms with Crippen molar-refractivity contribution in [3.63, 3.8) is 0 Å². The lowest BCUT2D eigenvalue weighted by molar-refractivity contribution is -0.131. The summed E-state index contributed by atoms with van der Waals surface area (Å²) in [6.45, 7) is 2.57. The van der Waals surface area contributed by atoms with Gasteiger partial charge in [-0.2, -0.15) is 4.31 Å². The molecule has 0 aromatic heterocycles. The van der Waals surface area contributed by atoms with E-state index in [-0.39, 0.29) is 32.1 Å². The first kappa shape index (κ1) is 21.7. The van der Waals surface area contributed by atoms with Crippen LogP contribution in [-0.2, 0) is 14.8 Å². The Morgan fingerprint density at radius 2 is 1.69 bits per heavy atom. The molecule has 0 atom stereocenters. The first-order valence-electron chi connectivity index (χ1n) is 9.20. The van der Waals surface area contributed by atoms with Crippen molar-refractivity contribution in [1.82, 2.24) is 9.21 Å². The van der Waals surface area contributed by atoms with Crippen molar-refractivity contribution in [1.29, 1.82) is 0 Å². The van der Waals surface area contributed by atoms with Gasteiger partial charge in [-0.15, -0.1) is 11.8 Å². The number of carbonyl (C=O) groups is 1. The van der Waals surface area contributed by atoms with Crippen LogP contribution in [0.1, 0.15) is 12.0 Å². The van der Waals surface area contributed by atoms with Gasteiger partial charge < -0.3 is 4.90 Å². The highest BCUT2D eigenvalue weighted by Crippen LogP contribution is 2.23. The molecule has 0 spiro atoms. The molecule has 5 nitrogen and oxygen atoms in total. The summed E-state index contributed by atoms with van der Waals surface area (Å²) in [5, 5.41) is 0. The summed E-state index contributed by atoms with van der Waals surface area (Å²) in [4.78, 5) is 14.4. The molecule has 0 radical (unpaired) electrons. The predicted molar refractivity (Wildman–Crippen MR) is 108 cm³/mol. The summed E-state index contributed by atoms with van der Waals surface area (Å²) in [6, 6.07) is 10.4. The second-order valence-corrected chi connectivity index (χ2v) is 9.85. The minimum atomic E-state index is -4.14. The van der Waals surface area contributed by atoms with Gasteiger partial charge in [-0.1, -0.05) is 17.7 Å². The van der Waals surface area contributed by atoms with E-state index in [0.717, 1.165) is 21.3 Å². The Kier molecular flexibility index (Phi) is 6.92. The molecule has 1 fully saturated rings. The van der Waals surface area contributed by atoms with E-state index in [0.29, 0.717) is 18.2 Å². The molecule has 2 aromatic carbocycles. The van der Waals surface area contributed by atoms with Gasteiger partial charge in [0.25, 0.3) is 0 Å². The Labute approximate surface area is 173 Å². The van der Waals surface area contributed by atoms with E-state index in [1.165, 1.54) is 5.56 Å². The Morgan fingerprint density at radius 3 is 2.34 bits per heavy atom. The van der Waals surface area contributed by atoms with Crippen LogP contribution in [-0.4, -0.2) is 55.5 Å². The molecule has 2 aromatic rings. The zero-order valence-electron chi connectivity index (χ0n) is 16.0. The fourth-order valence-corrected chi connectivity index (χ4v) is 5.38. The summed E-state index contributed by atoms with van der Waals surface area (Å²) in [5.41, 5.74) is 1.18. The number of piperazine rings is 1. The molecule has 156 valence electrons. The van der Waals surface area contributed by atoms with E-state index in [1.54, 1.807) is 16.7 Å². The van der Waals surface area contributed by atoms with Gasteiger partial charge in [0.1, 0.15) is 16.5 Å². The predicted octanol–water partition coefficient (Wildman–Crippen LogP) is 3.29. The SMILES string of the molecule is Cc1ccc(SCCC(=O)N2CCN(S(=O)(=O)c3cc(F)ccc3F)CC2)cc1. The quantitative estimate of drug-likeness (QED) is 0.647. The number of amides is 1. The van der Waals surface area contributed by atoms with Crippen LogP contribution in [0.4, 0.5) is 8.78 Å². The van der Waals surface area contributed by atoms with Gasteiger partial charge in [0.05, 0.1) is 0 Å². The van der Waals surface area contributed by atoms with Gasteiger partial charge in [-0.05, 0) is 37.3 Å². The minimum absolute atomic E-state index is 0.0430. The lowest BCUT2D eigenvalue weighted by Crippen LogP contribution is -2.50. The van der Waals surface area contributed by atoms with Crippen LogP contribution in [0.15, 0.2) is 52.3 Å². The molecule has 0 saturated carbocycles. The summed E-state index contributed by atoms with van der Waals surface area (Å²) in [5.74, 6) is -1.21. The third kappa shape index (κ3) is 5.34. The lowest BCUT2D eigenvalue weighted by Gasteiger charge is -2.34. The normalized spacial score (nSPS) is 15.5. The molecular weight excluding hydrogens is 418 g/mol. The fourth-order valence-electron chi connectivity index (χ4n) is 3.04. The zero-order valence-corrected chi connectivity index (χ0v) is 17.6. The van der Waals surface area contributed by atoms with E-state index in [4.69, 9.17) is 0 Å². The van der Waals surface area contributed by atoms with E-state index >= 15 is 0 Å². The molecule has 1 saturated heterocycles. The number of hydrogen-bond acceptors (Lipinski definition) is 4. The molecule has 1 amide bonds. The molecule has 0 unspecified atom stereocenters. The van der Waals surface area contributed by atoms with Crippen LogP contribution in [0.2, 0.25) is 0 Å². The lowest BCUT2D eigenvalue weighted by atomic mass is 10.2. The smallest absolute Gasteiger partial charge is 0.246 e. The average molecular weight is 441 g/mol. The van der Waals surface area contributed by atoms with Gasteiger partial charge in [0.2, 0.25) is 15.9 Å². The minimum Gasteiger partial charge on any atom is -0.340 e. The zero-order chi connectivity index (χ0) is 21.0. The van der Waals surface area contributed by atoms with Crippen LogP contribution in [0.5, 0.6) is 0 Å². The van der Waals surface area contributed by atoms with Gasteiger partial charge in [-0.25, -0.2) is 17.2 Å². The highest BCUT2D eigenvalue weighted by molar-refractivity contribution is 7.99. The number of halogens is 2. The number of hydrogen-bond donors (Lipinski definition) is 0. The topological polar surface area (TPSA) is 57.7 Å². The van der Waals surface area contributed by atoms with Gasteiger partial charge in [-0.3, -0.25) is 4.79 Å². The molecule has 3 rings (SSSR count). The number of thioether (sulfide) groups is 1. The van der Waals surface area contributed by atoms with E-state index in [2.05, 4.69) is 0 Å². The van der Waals surface area contributed by atoms with E-state index in [1.807, 2.05) is 31.2 Å². The fraction of sp³-hybridized carbons (Fsp3) is 0.350. The van der Waals surface area contributed by atoms with Crippen molar-refractivity contribution >= 4 is 27.7 Å². The molecule has 9 heteroatoms. The van der Waals surface area contributed by atoms with Crippen LogP contribution in [0, 0.1) is 18.6 Å². The van der Waals surface area contributed by atoms with Gasteiger partial charge in [0.15, 0.2) is 0 Å². The molecule has 1 heterocycles. The number of nitrogens with zero attached hydrogens (tertiary/aromatic N) is 2. The van der Waals surface area contributed by atoms with Gasteiger partial charge >= 0.3 is 0 Å². The first-order valence-corrected chi connectivity index (χ1v) is 11.6. The van der Waals surface area contributed by atoms with Gasteiger partial charge in [0, 0.05) is 43.2 Å². The number of aryl methyl sites for hydroxylation is 1. The van der Waals surface area contributed by atoms with Crippen molar-refractivity contribution in [3.05, 3.63) is 59.7 Å². The molecule has 0 N–H and O–H groups in total. The summed E-state index contributed by atoms with van der Waals surface area (Å²) in [6.07, 6.45) is 0.351. The summed E-state index contributed by atoms with van der Waals surface area (Å²) < 4.78 is 53.6. The molecule has 0 aliphatic carbocycles. The molecule has 0 bridgehead atoms. The molecule has 29 heavy (non-hydrogen) atoms. The average Bonchev–Trinajstić information content (AvgIpc) is 2.71. The van der Waals surface area contributed by atoms with Crippen LogP contribution in [0.25, 0.3) is 0 Å². The Bertz CT molecular complexity index is 974. The second kappa shape index (κ2) is 9.23. The monoisotopic (exact) mass is 440 g/mol. The maximum atomic E-state index is 13.9. The van der Waals surface area contributed by atoms with Crippen molar-refractivity contribution in [2.75, 3.05) is 31.9 Å². The van der Waals surface area contributed by atoms with Crippen molar-refractivity contribution in [3.8, 4) is 0 Å². The van der Waals surface area contributed by atoms with Crippen LogP contribution in [0.3, 0.4) is 0 Å². The highest BCUT2D eigenvalue weighted by Gasteiger charge is 2.32. The largest absolute Gasteiger partial charge is 0.340 e. The van der Waals surface area contributed by atoms with Crippen LogP contribution >= 0.6 is 11.8 Å². The van der Waals surface area contributed by atoms with Crippen LogP contribution < -0.4 is 0 Å². The third-order valence-corrected chi connectivity index (χ3v) is 7.64. The molecular formula is C20H22F2N2O3S2. The molecule has 1 aliphatic heterocycles. The highest BCUT2D eigenvalue weighted by atomic mass is 32.2. The standard InChI is InChI=1S/C20H22F2N2O3S2/c1-15-2-5-17(6-3-15)28-13-8-20(25)23-9-11-24(12-10-23)29(26,27)19-14-16(21)4-7-18(19)22/h2-7,14H,8-13H2,1H3. The van der Waals surface area contributed by atoms with Crippen molar-refractivity contribution in [2.45, 2.75) is 23.1 Å². The Hall–Kier alpha value is -1.97. The number of sulfonamides is 1. The summed E-state index contributed by atoms with van der Waals surface area (Å²) in [7, 11) is -4.14. The Morgan fingerprint density at radius 1 is 1.03 bits per heavy atom. The number of benzene rings is 2. The maximum Gasteiger partial charge on any atom is 0.246 e. The maximum absolute atomic E-state index is 13.9. The van der Waals surface area contributed by atoms with E-state index in [9.17, 15) is 22.0 Å². The number of carbonyl (C=O) groups excluding carboxylic acids is 1. The summed E-state index contributed by atoms with van der Waals surface area (Å²) >= 11 is 1.60.